The second-order valence-corrected chi connectivity index (χ2v) is 11.6. The summed E-state index contributed by atoms with van der Waals surface area (Å²) in [6, 6.07) is 20.4. The summed E-state index contributed by atoms with van der Waals surface area (Å²) >= 11 is 12.2. The van der Waals surface area contributed by atoms with E-state index in [0.29, 0.717) is 6.54 Å². The topological polar surface area (TPSA) is 86.8 Å². The van der Waals surface area contributed by atoms with E-state index in [1.165, 1.54) is 23.1 Å². The molecule has 0 bridgehead atoms. The summed E-state index contributed by atoms with van der Waals surface area (Å²) in [5.41, 5.74) is 2.87. The van der Waals surface area contributed by atoms with E-state index in [1.807, 2.05) is 61.5 Å². The first-order valence-corrected chi connectivity index (χ1v) is 14.7. The summed E-state index contributed by atoms with van der Waals surface area (Å²) in [6.07, 6.45) is 1.27. The molecule has 0 aromatic heterocycles. The quantitative estimate of drug-likeness (QED) is 0.354. The molecule has 10 heteroatoms. The molecule has 0 spiro atoms. The van der Waals surface area contributed by atoms with Gasteiger partial charge in [0.05, 0.1) is 22.0 Å². The van der Waals surface area contributed by atoms with Crippen molar-refractivity contribution >= 4 is 50.7 Å². The maximum Gasteiger partial charge on any atom is 0.244 e. The number of nitrogens with zero attached hydrogens (tertiary/aromatic N) is 2. The van der Waals surface area contributed by atoms with E-state index < -0.39 is 28.5 Å². The molecule has 0 aliphatic heterocycles. The van der Waals surface area contributed by atoms with Crippen LogP contribution in [0, 0.1) is 6.92 Å². The lowest BCUT2D eigenvalue weighted by Gasteiger charge is -2.33. The van der Waals surface area contributed by atoms with Crippen LogP contribution in [-0.4, -0.2) is 50.5 Å². The number of carbonyl (C=O) groups excluding carboxylic acids is 2. The molecule has 38 heavy (non-hydrogen) atoms. The van der Waals surface area contributed by atoms with Crippen molar-refractivity contribution < 1.29 is 18.0 Å². The Morgan fingerprint density at radius 3 is 2.21 bits per heavy atom. The predicted molar refractivity (Wildman–Crippen MR) is 153 cm³/mol. The zero-order chi connectivity index (χ0) is 27.9. The van der Waals surface area contributed by atoms with Gasteiger partial charge in [-0.25, -0.2) is 8.42 Å². The third-order valence-electron chi connectivity index (χ3n) is 6.09. The minimum atomic E-state index is -3.89. The SMILES string of the molecule is CCNC(=O)[C@H](Cc1ccccc1)N(Cc1ccccc1C)C(=O)CN(c1ccc(Cl)c(Cl)c1)S(C)(=O)=O. The minimum Gasteiger partial charge on any atom is -0.355 e. The highest BCUT2D eigenvalue weighted by molar-refractivity contribution is 7.92. The van der Waals surface area contributed by atoms with Crippen LogP contribution in [0.15, 0.2) is 72.8 Å². The average molecular weight is 577 g/mol. The number of sulfonamides is 1. The Labute approximate surface area is 234 Å². The third kappa shape index (κ3) is 7.72. The molecule has 0 saturated carbocycles. The van der Waals surface area contributed by atoms with Crippen molar-refractivity contribution in [3.05, 3.63) is 99.5 Å². The number of aryl methyl sites for hydroxylation is 1. The number of halogens is 2. The van der Waals surface area contributed by atoms with Crippen LogP contribution in [0.1, 0.15) is 23.6 Å². The Kier molecular flexibility index (Phi) is 10.2. The number of amides is 2. The van der Waals surface area contributed by atoms with E-state index >= 15 is 0 Å². The number of nitrogens with one attached hydrogen (secondary N) is 1. The minimum absolute atomic E-state index is 0.124. The van der Waals surface area contributed by atoms with Crippen LogP contribution in [0.5, 0.6) is 0 Å². The van der Waals surface area contributed by atoms with E-state index in [0.717, 1.165) is 27.3 Å². The maximum atomic E-state index is 14.0. The lowest BCUT2D eigenvalue weighted by Crippen LogP contribution is -2.53. The number of anilines is 1. The fourth-order valence-electron chi connectivity index (χ4n) is 4.07. The highest BCUT2D eigenvalue weighted by atomic mass is 35.5. The van der Waals surface area contributed by atoms with Gasteiger partial charge in [0.2, 0.25) is 21.8 Å². The summed E-state index contributed by atoms with van der Waals surface area (Å²) in [5.74, 6) is -0.851. The Balaban J connectivity index is 2.06. The molecule has 0 fully saturated rings. The van der Waals surface area contributed by atoms with Crippen molar-refractivity contribution in [1.82, 2.24) is 10.2 Å². The van der Waals surface area contributed by atoms with Crippen molar-refractivity contribution in [3.8, 4) is 0 Å². The molecule has 202 valence electrons. The Morgan fingerprint density at radius 2 is 1.61 bits per heavy atom. The second-order valence-electron chi connectivity index (χ2n) is 8.92. The van der Waals surface area contributed by atoms with Gasteiger partial charge in [-0.15, -0.1) is 0 Å². The number of hydrogen-bond donors (Lipinski definition) is 1. The van der Waals surface area contributed by atoms with Gasteiger partial charge in [-0.05, 0) is 48.7 Å². The first-order valence-electron chi connectivity index (χ1n) is 12.1. The monoisotopic (exact) mass is 575 g/mol. The molecule has 1 atom stereocenters. The molecule has 0 heterocycles. The molecule has 1 N–H and O–H groups in total. The van der Waals surface area contributed by atoms with E-state index in [9.17, 15) is 18.0 Å². The van der Waals surface area contributed by atoms with Gasteiger partial charge in [-0.3, -0.25) is 13.9 Å². The van der Waals surface area contributed by atoms with Gasteiger partial charge in [0.15, 0.2) is 0 Å². The smallest absolute Gasteiger partial charge is 0.244 e. The molecule has 0 aliphatic carbocycles. The molecule has 3 rings (SSSR count). The Bertz CT molecular complexity index is 1380. The molecule has 0 saturated heterocycles. The van der Waals surface area contributed by atoms with Gasteiger partial charge in [0.1, 0.15) is 12.6 Å². The highest BCUT2D eigenvalue weighted by Gasteiger charge is 2.33. The number of carbonyl (C=O) groups is 2. The molecule has 7 nitrogen and oxygen atoms in total. The Morgan fingerprint density at radius 1 is 0.947 bits per heavy atom. The largest absolute Gasteiger partial charge is 0.355 e. The first kappa shape index (κ1) is 29.5. The molecule has 3 aromatic carbocycles. The van der Waals surface area contributed by atoms with Crippen LogP contribution in [0.4, 0.5) is 5.69 Å². The van der Waals surface area contributed by atoms with Crippen LogP contribution in [0.2, 0.25) is 10.0 Å². The molecular formula is C28H31Cl2N3O4S. The first-order chi connectivity index (χ1) is 18.0. The van der Waals surface area contributed by atoms with Crippen molar-refractivity contribution in [2.24, 2.45) is 0 Å². The van der Waals surface area contributed by atoms with Gasteiger partial charge in [0, 0.05) is 19.5 Å². The van der Waals surface area contributed by atoms with E-state index in [2.05, 4.69) is 5.32 Å². The van der Waals surface area contributed by atoms with Crippen molar-refractivity contribution in [1.29, 1.82) is 0 Å². The summed E-state index contributed by atoms with van der Waals surface area (Å²) < 4.78 is 26.6. The summed E-state index contributed by atoms with van der Waals surface area (Å²) in [4.78, 5) is 28.8. The number of hydrogen-bond acceptors (Lipinski definition) is 4. The Hall–Kier alpha value is -3.07. The van der Waals surface area contributed by atoms with E-state index in [4.69, 9.17) is 23.2 Å². The van der Waals surface area contributed by atoms with Crippen LogP contribution in [-0.2, 0) is 32.6 Å². The average Bonchev–Trinajstić information content (AvgIpc) is 2.87. The van der Waals surface area contributed by atoms with Gasteiger partial charge in [0.25, 0.3) is 0 Å². The van der Waals surface area contributed by atoms with Crippen LogP contribution in [0.25, 0.3) is 0 Å². The number of benzene rings is 3. The number of rotatable bonds is 11. The zero-order valence-electron chi connectivity index (χ0n) is 21.5. The van der Waals surface area contributed by atoms with E-state index in [1.54, 1.807) is 6.92 Å². The number of likely N-dealkylation sites (N-methyl/N-ethyl adjacent to an activating group) is 1. The van der Waals surface area contributed by atoms with Gasteiger partial charge >= 0.3 is 0 Å². The predicted octanol–water partition coefficient (Wildman–Crippen LogP) is 4.84. The molecule has 0 radical (unpaired) electrons. The molecule has 3 aromatic rings. The van der Waals surface area contributed by atoms with Crippen molar-refractivity contribution in [2.45, 2.75) is 32.9 Å². The third-order valence-corrected chi connectivity index (χ3v) is 7.97. The van der Waals surface area contributed by atoms with Gasteiger partial charge < -0.3 is 10.2 Å². The fourth-order valence-corrected chi connectivity index (χ4v) is 5.20. The van der Waals surface area contributed by atoms with Crippen LogP contribution in [0.3, 0.4) is 0 Å². The van der Waals surface area contributed by atoms with Crippen molar-refractivity contribution in [3.63, 3.8) is 0 Å². The molecule has 2 amide bonds. The molecule has 0 aliphatic rings. The fraction of sp³-hybridized carbons (Fsp3) is 0.286. The lowest BCUT2D eigenvalue weighted by atomic mass is 10.0. The second kappa shape index (κ2) is 13.1. The summed E-state index contributed by atoms with van der Waals surface area (Å²) in [6.45, 7) is 3.72. The van der Waals surface area contributed by atoms with Gasteiger partial charge in [-0.2, -0.15) is 0 Å². The van der Waals surface area contributed by atoms with Crippen LogP contribution >= 0.6 is 23.2 Å². The zero-order valence-corrected chi connectivity index (χ0v) is 23.9. The molecular weight excluding hydrogens is 545 g/mol. The molecule has 0 unspecified atom stereocenters. The van der Waals surface area contributed by atoms with E-state index in [-0.39, 0.29) is 34.6 Å². The standard InChI is InChI=1S/C28H31Cl2N3O4S/c1-4-31-28(35)26(16-21-11-6-5-7-12-21)32(18-22-13-9-8-10-20(22)2)27(34)19-33(38(3,36)37)23-14-15-24(29)25(30)17-23/h5-15,17,26H,4,16,18-19H2,1-3H3,(H,31,35)/t26-/m0/s1. The van der Waals surface area contributed by atoms with Crippen LogP contribution < -0.4 is 9.62 Å². The lowest BCUT2D eigenvalue weighted by molar-refractivity contribution is -0.140. The summed E-state index contributed by atoms with van der Waals surface area (Å²) in [5, 5.41) is 3.25. The van der Waals surface area contributed by atoms with Gasteiger partial charge in [-0.1, -0.05) is 77.8 Å². The highest BCUT2D eigenvalue weighted by Crippen LogP contribution is 2.29. The summed E-state index contributed by atoms with van der Waals surface area (Å²) in [7, 11) is -3.89. The maximum absolute atomic E-state index is 14.0. The van der Waals surface area contributed by atoms with Crippen molar-refractivity contribution in [2.75, 3.05) is 23.7 Å². The normalized spacial score (nSPS) is 12.0.